The summed E-state index contributed by atoms with van der Waals surface area (Å²) in [6.07, 6.45) is 0. The normalized spacial score (nSPS) is 14.4. The second-order valence-electron chi connectivity index (χ2n) is 5.45. The third-order valence-electron chi connectivity index (χ3n) is 3.87. The Morgan fingerprint density at radius 2 is 2.00 bits per heavy atom. The molecule has 1 N–H and O–H groups in total. The van der Waals surface area contributed by atoms with Gasteiger partial charge in [0, 0.05) is 17.1 Å². The Kier molecular flexibility index (Phi) is 5.08. The van der Waals surface area contributed by atoms with Crippen LogP contribution in [0.5, 0.6) is 17.2 Å². The van der Waals surface area contributed by atoms with Crippen molar-refractivity contribution in [2.24, 2.45) is 0 Å². The third kappa shape index (κ3) is 3.62. The Morgan fingerprint density at radius 3 is 2.78 bits per heavy atom. The van der Waals surface area contributed by atoms with E-state index in [0.29, 0.717) is 24.7 Å². The highest BCUT2D eigenvalue weighted by Crippen LogP contribution is 2.40. The van der Waals surface area contributed by atoms with Crippen molar-refractivity contribution >= 4 is 15.9 Å². The zero-order chi connectivity index (χ0) is 16.2. The average molecular weight is 378 g/mol. The Hall–Kier alpha value is -1.72. The van der Waals surface area contributed by atoms with E-state index in [1.165, 1.54) is 5.56 Å². The summed E-state index contributed by atoms with van der Waals surface area (Å²) in [4.78, 5) is 0. The molecular weight excluding hydrogens is 358 g/mol. The average Bonchev–Trinajstić information content (AvgIpc) is 2.59. The van der Waals surface area contributed by atoms with Crippen LogP contribution >= 0.6 is 15.9 Å². The smallest absolute Gasteiger partial charge is 0.203 e. The van der Waals surface area contributed by atoms with Gasteiger partial charge in [0.2, 0.25) is 5.75 Å². The van der Waals surface area contributed by atoms with Gasteiger partial charge in [-0.25, -0.2) is 0 Å². The molecule has 0 amide bonds. The second kappa shape index (κ2) is 7.23. The van der Waals surface area contributed by atoms with E-state index in [-0.39, 0.29) is 6.04 Å². The minimum absolute atomic E-state index is 0.227. The van der Waals surface area contributed by atoms with Crippen molar-refractivity contribution in [1.29, 1.82) is 0 Å². The number of methoxy groups -OCH3 is 1. The van der Waals surface area contributed by atoms with Crippen molar-refractivity contribution in [3.63, 3.8) is 0 Å². The van der Waals surface area contributed by atoms with Crippen molar-refractivity contribution in [2.45, 2.75) is 19.5 Å². The fourth-order valence-electron chi connectivity index (χ4n) is 2.64. The topological polar surface area (TPSA) is 39.7 Å². The zero-order valence-electron chi connectivity index (χ0n) is 13.3. The summed E-state index contributed by atoms with van der Waals surface area (Å²) in [7, 11) is 1.65. The number of hydrogen-bond acceptors (Lipinski definition) is 4. The first-order valence-corrected chi connectivity index (χ1v) is 8.42. The standard InChI is InChI=1S/C18H20BrNO3/c1-12(14-5-3-4-6-15(14)19)20-11-13-9-16(21-2)18-17(10-13)22-7-8-23-18/h3-6,9-10,12,20H,7-8,11H2,1-2H3. The molecule has 0 saturated carbocycles. The van der Waals surface area contributed by atoms with E-state index < -0.39 is 0 Å². The summed E-state index contributed by atoms with van der Waals surface area (Å²) in [6.45, 7) is 3.99. The molecule has 2 aromatic carbocycles. The molecule has 0 fully saturated rings. The van der Waals surface area contributed by atoms with Gasteiger partial charge in [-0.05, 0) is 36.2 Å². The predicted molar refractivity (Wildman–Crippen MR) is 93.4 cm³/mol. The van der Waals surface area contributed by atoms with Crippen LogP contribution in [0.4, 0.5) is 0 Å². The molecule has 1 aliphatic rings. The lowest BCUT2D eigenvalue weighted by Crippen LogP contribution is -2.20. The summed E-state index contributed by atoms with van der Waals surface area (Å²) in [5, 5.41) is 3.53. The maximum Gasteiger partial charge on any atom is 0.203 e. The lowest BCUT2D eigenvalue weighted by molar-refractivity contribution is 0.165. The lowest BCUT2D eigenvalue weighted by atomic mass is 10.1. The molecule has 0 saturated heterocycles. The van der Waals surface area contributed by atoms with Gasteiger partial charge in [-0.15, -0.1) is 0 Å². The fraction of sp³-hybridized carbons (Fsp3) is 0.333. The number of rotatable bonds is 5. The van der Waals surface area contributed by atoms with E-state index in [9.17, 15) is 0 Å². The summed E-state index contributed by atoms with van der Waals surface area (Å²) < 4.78 is 17.8. The van der Waals surface area contributed by atoms with Crippen LogP contribution in [0.15, 0.2) is 40.9 Å². The minimum atomic E-state index is 0.227. The second-order valence-corrected chi connectivity index (χ2v) is 6.30. The molecule has 23 heavy (non-hydrogen) atoms. The summed E-state index contributed by atoms with van der Waals surface area (Å²) >= 11 is 3.60. The Balaban J connectivity index is 1.74. The van der Waals surface area contributed by atoms with Gasteiger partial charge in [-0.1, -0.05) is 34.1 Å². The van der Waals surface area contributed by atoms with Crippen LogP contribution in [0.25, 0.3) is 0 Å². The molecule has 2 aromatic rings. The molecule has 0 spiro atoms. The Morgan fingerprint density at radius 1 is 1.22 bits per heavy atom. The molecule has 0 aliphatic carbocycles. The molecule has 0 radical (unpaired) electrons. The zero-order valence-corrected chi connectivity index (χ0v) is 14.9. The molecule has 1 unspecified atom stereocenters. The molecule has 1 atom stereocenters. The lowest BCUT2D eigenvalue weighted by Gasteiger charge is -2.22. The number of nitrogens with one attached hydrogen (secondary N) is 1. The van der Waals surface area contributed by atoms with Crippen LogP contribution in [0.2, 0.25) is 0 Å². The molecule has 5 heteroatoms. The predicted octanol–water partition coefficient (Wildman–Crippen LogP) is 4.08. The fourth-order valence-corrected chi connectivity index (χ4v) is 3.26. The van der Waals surface area contributed by atoms with E-state index in [1.54, 1.807) is 7.11 Å². The maximum absolute atomic E-state index is 5.68. The van der Waals surface area contributed by atoms with Crippen molar-refractivity contribution in [1.82, 2.24) is 5.32 Å². The van der Waals surface area contributed by atoms with Crippen LogP contribution in [0.3, 0.4) is 0 Å². The third-order valence-corrected chi connectivity index (χ3v) is 4.59. The number of fused-ring (bicyclic) bond motifs is 1. The van der Waals surface area contributed by atoms with E-state index in [1.807, 2.05) is 24.3 Å². The highest BCUT2D eigenvalue weighted by molar-refractivity contribution is 9.10. The van der Waals surface area contributed by atoms with Gasteiger partial charge in [0.1, 0.15) is 13.2 Å². The highest BCUT2D eigenvalue weighted by Gasteiger charge is 2.18. The molecule has 1 aliphatic heterocycles. The van der Waals surface area contributed by atoms with E-state index in [0.717, 1.165) is 22.3 Å². The Labute approximate surface area is 144 Å². The van der Waals surface area contributed by atoms with Crippen LogP contribution in [0, 0.1) is 0 Å². The van der Waals surface area contributed by atoms with Gasteiger partial charge in [0.25, 0.3) is 0 Å². The maximum atomic E-state index is 5.68. The van der Waals surface area contributed by atoms with Crippen LogP contribution in [-0.2, 0) is 6.54 Å². The van der Waals surface area contributed by atoms with Gasteiger partial charge in [-0.3, -0.25) is 0 Å². The van der Waals surface area contributed by atoms with Crippen molar-refractivity contribution < 1.29 is 14.2 Å². The highest BCUT2D eigenvalue weighted by atomic mass is 79.9. The summed E-state index contributed by atoms with van der Waals surface area (Å²) in [5.74, 6) is 2.16. The van der Waals surface area contributed by atoms with Gasteiger partial charge in [0.05, 0.1) is 7.11 Å². The van der Waals surface area contributed by atoms with Crippen molar-refractivity contribution in [3.05, 3.63) is 52.0 Å². The molecule has 1 heterocycles. The van der Waals surface area contributed by atoms with Crippen molar-refractivity contribution in [3.8, 4) is 17.2 Å². The van der Waals surface area contributed by atoms with Gasteiger partial charge >= 0.3 is 0 Å². The minimum Gasteiger partial charge on any atom is -0.493 e. The van der Waals surface area contributed by atoms with Gasteiger partial charge < -0.3 is 19.5 Å². The first-order valence-electron chi connectivity index (χ1n) is 7.63. The van der Waals surface area contributed by atoms with Gasteiger partial charge in [0.15, 0.2) is 11.5 Å². The first-order chi connectivity index (χ1) is 11.2. The SMILES string of the molecule is COc1cc(CNC(C)c2ccccc2Br)cc2c1OCCO2. The van der Waals surface area contributed by atoms with E-state index in [2.05, 4.69) is 40.3 Å². The van der Waals surface area contributed by atoms with Crippen LogP contribution in [-0.4, -0.2) is 20.3 Å². The summed E-state index contributed by atoms with van der Waals surface area (Å²) in [6, 6.07) is 12.5. The first kappa shape index (κ1) is 16.1. The van der Waals surface area contributed by atoms with Gasteiger partial charge in [-0.2, -0.15) is 0 Å². The molecule has 3 rings (SSSR count). The number of ether oxygens (including phenoxy) is 3. The van der Waals surface area contributed by atoms with E-state index >= 15 is 0 Å². The monoisotopic (exact) mass is 377 g/mol. The largest absolute Gasteiger partial charge is 0.493 e. The van der Waals surface area contributed by atoms with Crippen LogP contribution in [0.1, 0.15) is 24.1 Å². The number of halogens is 1. The molecule has 0 aromatic heterocycles. The van der Waals surface area contributed by atoms with Crippen LogP contribution < -0.4 is 19.5 Å². The Bertz CT molecular complexity index is 673. The van der Waals surface area contributed by atoms with Crippen molar-refractivity contribution in [2.75, 3.05) is 20.3 Å². The quantitative estimate of drug-likeness (QED) is 0.851. The van der Waals surface area contributed by atoms with E-state index in [4.69, 9.17) is 14.2 Å². The molecule has 4 nitrogen and oxygen atoms in total. The number of hydrogen-bond donors (Lipinski definition) is 1. The molecule has 122 valence electrons. The molecule has 0 bridgehead atoms. The summed E-state index contributed by atoms with van der Waals surface area (Å²) in [5.41, 5.74) is 2.34. The molecular formula is C18H20BrNO3. The number of benzene rings is 2.